The lowest BCUT2D eigenvalue weighted by Crippen LogP contribution is -2.00. The van der Waals surface area contributed by atoms with Crippen LogP contribution in [0.3, 0.4) is 0 Å². The van der Waals surface area contributed by atoms with Crippen molar-refractivity contribution in [2.75, 3.05) is 0 Å². The van der Waals surface area contributed by atoms with Crippen molar-refractivity contribution in [3.63, 3.8) is 0 Å². The third-order valence-electron chi connectivity index (χ3n) is 3.50. The van der Waals surface area contributed by atoms with Gasteiger partial charge in [0.25, 0.3) is 0 Å². The van der Waals surface area contributed by atoms with Crippen LogP contribution < -0.4 is 0 Å². The quantitative estimate of drug-likeness (QED) is 0.640. The Hall–Kier alpha value is -2.06. The van der Waals surface area contributed by atoms with E-state index in [0.29, 0.717) is 10.6 Å². The van der Waals surface area contributed by atoms with Crippen LogP contribution in [0.15, 0.2) is 48.7 Å². The zero-order valence-electron chi connectivity index (χ0n) is 11.4. The number of halogens is 1. The lowest BCUT2D eigenvalue weighted by molar-refractivity contribution is 0.104. The lowest BCUT2D eigenvalue weighted by atomic mass is 10.0. The summed E-state index contributed by atoms with van der Waals surface area (Å²) in [6.45, 7) is 2.05. The molecule has 0 N–H and O–H groups in total. The Morgan fingerprint density at radius 3 is 2.50 bits per heavy atom. The fourth-order valence-corrected chi connectivity index (χ4v) is 2.56. The second-order valence-corrected chi connectivity index (χ2v) is 5.45. The molecule has 2 nitrogen and oxygen atoms in total. The third-order valence-corrected chi connectivity index (χ3v) is 3.75. The van der Waals surface area contributed by atoms with Gasteiger partial charge in [0, 0.05) is 40.3 Å². The second-order valence-electron chi connectivity index (χ2n) is 5.01. The van der Waals surface area contributed by atoms with E-state index < -0.39 is 0 Å². The van der Waals surface area contributed by atoms with Gasteiger partial charge in [-0.05, 0) is 42.8 Å². The Labute approximate surface area is 122 Å². The summed E-state index contributed by atoms with van der Waals surface area (Å²) in [6.07, 6.45) is 1.89. The molecule has 0 aliphatic carbocycles. The van der Waals surface area contributed by atoms with Gasteiger partial charge in [0.15, 0.2) is 5.78 Å². The predicted molar refractivity (Wildman–Crippen MR) is 82.5 cm³/mol. The number of hydrogen-bond acceptors (Lipinski definition) is 1. The molecule has 0 unspecified atom stereocenters. The van der Waals surface area contributed by atoms with Crippen LogP contribution in [0.4, 0.5) is 0 Å². The average molecular weight is 284 g/mol. The van der Waals surface area contributed by atoms with E-state index in [4.69, 9.17) is 11.6 Å². The lowest BCUT2D eigenvalue weighted by Gasteiger charge is -2.00. The highest BCUT2D eigenvalue weighted by atomic mass is 35.5. The van der Waals surface area contributed by atoms with Crippen molar-refractivity contribution in [3.8, 4) is 0 Å². The van der Waals surface area contributed by atoms with Gasteiger partial charge in [0.05, 0.1) is 0 Å². The van der Waals surface area contributed by atoms with Gasteiger partial charge in [-0.1, -0.05) is 23.7 Å². The Morgan fingerprint density at radius 1 is 1.10 bits per heavy atom. The maximum atomic E-state index is 12.6. The molecule has 0 amide bonds. The van der Waals surface area contributed by atoms with Crippen LogP contribution in [0.5, 0.6) is 0 Å². The van der Waals surface area contributed by atoms with Gasteiger partial charge in [-0.15, -0.1) is 0 Å². The van der Waals surface area contributed by atoms with Crippen LogP contribution in [0.2, 0.25) is 5.02 Å². The molecule has 0 aliphatic heterocycles. The molecular formula is C17H14ClNO. The summed E-state index contributed by atoms with van der Waals surface area (Å²) >= 11 is 5.86. The maximum Gasteiger partial charge on any atom is 0.195 e. The number of aryl methyl sites for hydroxylation is 2. The first-order valence-electron chi connectivity index (χ1n) is 6.42. The van der Waals surface area contributed by atoms with E-state index >= 15 is 0 Å². The summed E-state index contributed by atoms with van der Waals surface area (Å²) < 4.78 is 1.99. The third kappa shape index (κ3) is 2.12. The molecule has 3 aromatic rings. The first kappa shape index (κ1) is 12.9. The number of rotatable bonds is 2. The Kier molecular flexibility index (Phi) is 3.11. The topological polar surface area (TPSA) is 22.0 Å². The van der Waals surface area contributed by atoms with E-state index in [1.54, 1.807) is 24.3 Å². The summed E-state index contributed by atoms with van der Waals surface area (Å²) in [5.41, 5.74) is 3.64. The molecule has 20 heavy (non-hydrogen) atoms. The molecule has 0 bridgehead atoms. The van der Waals surface area contributed by atoms with E-state index in [-0.39, 0.29) is 5.78 Å². The molecule has 0 aliphatic rings. The Balaban J connectivity index is 2.15. The van der Waals surface area contributed by atoms with Crippen LogP contribution >= 0.6 is 11.6 Å². The normalized spacial score (nSPS) is 10.9. The highest BCUT2D eigenvalue weighted by molar-refractivity contribution is 6.30. The summed E-state index contributed by atoms with van der Waals surface area (Å²) in [4.78, 5) is 12.6. The predicted octanol–water partition coefficient (Wildman–Crippen LogP) is 4.37. The van der Waals surface area contributed by atoms with E-state index in [1.807, 2.05) is 36.9 Å². The number of aromatic nitrogens is 1. The Morgan fingerprint density at radius 2 is 1.80 bits per heavy atom. The van der Waals surface area contributed by atoms with E-state index in [9.17, 15) is 4.79 Å². The molecular weight excluding hydrogens is 270 g/mol. The molecule has 1 aromatic heterocycles. The highest BCUT2D eigenvalue weighted by Crippen LogP contribution is 2.24. The van der Waals surface area contributed by atoms with E-state index in [2.05, 4.69) is 6.07 Å². The van der Waals surface area contributed by atoms with Gasteiger partial charge in [0.2, 0.25) is 0 Å². The first-order chi connectivity index (χ1) is 9.56. The minimum absolute atomic E-state index is 0.0242. The van der Waals surface area contributed by atoms with Crippen molar-refractivity contribution in [1.82, 2.24) is 4.57 Å². The molecule has 0 fully saturated rings. The zero-order valence-corrected chi connectivity index (χ0v) is 12.1. The van der Waals surface area contributed by atoms with Gasteiger partial charge >= 0.3 is 0 Å². The fraction of sp³-hybridized carbons (Fsp3) is 0.118. The van der Waals surface area contributed by atoms with Crippen molar-refractivity contribution in [2.45, 2.75) is 6.92 Å². The van der Waals surface area contributed by atoms with Crippen LogP contribution in [0.25, 0.3) is 10.9 Å². The summed E-state index contributed by atoms with van der Waals surface area (Å²) in [5, 5.41) is 1.62. The standard InChI is InChI=1S/C17H14ClNO/c1-11-3-8-14-15(10-19(2)16(14)9-11)17(20)12-4-6-13(18)7-5-12/h3-10H,1-2H3. The summed E-state index contributed by atoms with van der Waals surface area (Å²) in [5.74, 6) is 0.0242. The van der Waals surface area contributed by atoms with Crippen LogP contribution in [-0.2, 0) is 7.05 Å². The SMILES string of the molecule is Cc1ccc2c(C(=O)c3ccc(Cl)cc3)cn(C)c2c1. The average Bonchev–Trinajstić information content (AvgIpc) is 2.76. The molecule has 3 rings (SSSR count). The van der Waals surface area contributed by atoms with Gasteiger partial charge in [0.1, 0.15) is 0 Å². The summed E-state index contributed by atoms with van der Waals surface area (Å²) in [7, 11) is 1.96. The number of nitrogens with zero attached hydrogens (tertiary/aromatic N) is 1. The highest BCUT2D eigenvalue weighted by Gasteiger charge is 2.15. The molecule has 0 saturated heterocycles. The number of fused-ring (bicyclic) bond motifs is 1. The Bertz CT molecular complexity index is 800. The molecule has 0 radical (unpaired) electrons. The molecule has 0 saturated carbocycles. The number of carbonyl (C=O) groups is 1. The molecule has 0 atom stereocenters. The fourth-order valence-electron chi connectivity index (χ4n) is 2.43. The number of hydrogen-bond donors (Lipinski definition) is 0. The number of ketones is 1. The van der Waals surface area contributed by atoms with Gasteiger partial charge in [-0.2, -0.15) is 0 Å². The molecule has 100 valence electrons. The van der Waals surface area contributed by atoms with Crippen molar-refractivity contribution < 1.29 is 4.79 Å². The minimum atomic E-state index is 0.0242. The second kappa shape index (κ2) is 4.80. The van der Waals surface area contributed by atoms with Gasteiger partial charge < -0.3 is 4.57 Å². The van der Waals surface area contributed by atoms with Crippen molar-refractivity contribution >= 4 is 28.3 Å². The van der Waals surface area contributed by atoms with E-state index in [0.717, 1.165) is 16.5 Å². The van der Waals surface area contributed by atoms with Gasteiger partial charge in [-0.3, -0.25) is 4.79 Å². The van der Waals surface area contributed by atoms with Crippen molar-refractivity contribution in [1.29, 1.82) is 0 Å². The molecule has 3 heteroatoms. The number of benzene rings is 2. The monoisotopic (exact) mass is 283 g/mol. The minimum Gasteiger partial charge on any atom is -0.350 e. The van der Waals surface area contributed by atoms with Crippen molar-refractivity contribution in [2.24, 2.45) is 7.05 Å². The smallest absolute Gasteiger partial charge is 0.195 e. The first-order valence-corrected chi connectivity index (χ1v) is 6.80. The van der Waals surface area contributed by atoms with E-state index in [1.165, 1.54) is 5.56 Å². The number of carbonyl (C=O) groups excluding carboxylic acids is 1. The van der Waals surface area contributed by atoms with Crippen LogP contribution in [0, 0.1) is 6.92 Å². The largest absolute Gasteiger partial charge is 0.350 e. The van der Waals surface area contributed by atoms with Crippen LogP contribution in [0.1, 0.15) is 21.5 Å². The summed E-state index contributed by atoms with van der Waals surface area (Å²) in [6, 6.07) is 13.1. The van der Waals surface area contributed by atoms with Crippen molar-refractivity contribution in [3.05, 3.63) is 70.4 Å². The molecule has 0 spiro atoms. The molecule has 2 aromatic carbocycles. The maximum absolute atomic E-state index is 12.6. The zero-order chi connectivity index (χ0) is 14.3. The molecule has 1 heterocycles. The van der Waals surface area contributed by atoms with Gasteiger partial charge in [-0.25, -0.2) is 0 Å². The van der Waals surface area contributed by atoms with Crippen LogP contribution in [-0.4, -0.2) is 10.4 Å².